The summed E-state index contributed by atoms with van der Waals surface area (Å²) in [5.74, 6) is -0.529. The highest BCUT2D eigenvalue weighted by molar-refractivity contribution is 9.10. The molecule has 170 valence electrons. The normalized spacial score (nSPS) is 15.9. The average Bonchev–Trinajstić information content (AvgIpc) is 3.06. The largest absolute Gasteiger partial charge is 0.506 e. The summed E-state index contributed by atoms with van der Waals surface area (Å²) in [4.78, 5) is 31.5. The van der Waals surface area contributed by atoms with E-state index in [4.69, 9.17) is 16.3 Å². The number of thiazole rings is 1. The zero-order valence-electron chi connectivity index (χ0n) is 18.1. The Morgan fingerprint density at radius 2 is 2.00 bits per heavy atom. The molecule has 6 nitrogen and oxygen atoms in total. The standard InChI is InChI=1S/C24H20BrClN2O4S/c1-4-32-23(31)19-13(3)27-24-28(20(19)14-7-5-12(2)6-8-14)22(30)18(33-24)10-15-9-16(26)11-17(25)21(15)29/h5-11,20,29H,4H2,1-3H3/b18-10+/t20-/m0/s1. The summed E-state index contributed by atoms with van der Waals surface area (Å²) < 4.78 is 7.59. The van der Waals surface area contributed by atoms with E-state index < -0.39 is 12.0 Å². The first-order valence-corrected chi connectivity index (χ1v) is 12.1. The molecular formula is C24H20BrClN2O4S. The molecule has 2 heterocycles. The molecule has 0 unspecified atom stereocenters. The third-order valence-corrected chi connectivity index (χ3v) is 7.06. The van der Waals surface area contributed by atoms with Gasteiger partial charge in [0.2, 0.25) is 0 Å². The highest BCUT2D eigenvalue weighted by Gasteiger charge is 2.33. The first kappa shape index (κ1) is 23.5. The minimum atomic E-state index is -0.678. The van der Waals surface area contributed by atoms with Gasteiger partial charge in [-0.2, -0.15) is 0 Å². The van der Waals surface area contributed by atoms with Crippen molar-refractivity contribution in [1.29, 1.82) is 0 Å². The lowest BCUT2D eigenvalue weighted by molar-refractivity contribution is -0.139. The van der Waals surface area contributed by atoms with Crippen LogP contribution in [0.2, 0.25) is 5.02 Å². The molecule has 0 aliphatic carbocycles. The minimum absolute atomic E-state index is 0.0243. The van der Waals surface area contributed by atoms with Gasteiger partial charge in [-0.3, -0.25) is 9.36 Å². The van der Waals surface area contributed by atoms with Crippen molar-refractivity contribution in [2.45, 2.75) is 26.8 Å². The van der Waals surface area contributed by atoms with Gasteiger partial charge in [0.15, 0.2) is 4.80 Å². The second-order valence-corrected chi connectivity index (χ2v) is 9.84. The lowest BCUT2D eigenvalue weighted by atomic mass is 9.95. The number of carbonyl (C=O) groups excluding carboxylic acids is 1. The first-order valence-electron chi connectivity index (χ1n) is 10.2. The number of phenols is 1. The number of esters is 1. The molecule has 1 N–H and O–H groups in total. The van der Waals surface area contributed by atoms with Crippen LogP contribution in [0.15, 0.2) is 61.9 Å². The molecule has 0 saturated carbocycles. The zero-order valence-corrected chi connectivity index (χ0v) is 21.2. The van der Waals surface area contributed by atoms with E-state index in [1.54, 1.807) is 32.1 Å². The molecule has 4 rings (SSSR count). The fraction of sp³-hybridized carbons (Fsp3) is 0.208. The number of hydrogen-bond acceptors (Lipinski definition) is 6. The van der Waals surface area contributed by atoms with Crippen molar-refractivity contribution in [3.8, 4) is 5.75 Å². The highest BCUT2D eigenvalue weighted by Crippen LogP contribution is 2.33. The SMILES string of the molecule is CCOC(=O)C1=C(C)N=c2s/c(=C/c3cc(Cl)cc(Br)c3O)c(=O)n2[C@H]1c1ccc(C)cc1. The van der Waals surface area contributed by atoms with Crippen molar-refractivity contribution < 1.29 is 14.6 Å². The number of hydrogen-bond donors (Lipinski definition) is 1. The number of aromatic hydroxyl groups is 1. The summed E-state index contributed by atoms with van der Waals surface area (Å²) in [5.41, 5.74) is 2.74. The van der Waals surface area contributed by atoms with Crippen LogP contribution in [0.5, 0.6) is 5.75 Å². The number of fused-ring (bicyclic) bond motifs is 1. The van der Waals surface area contributed by atoms with Crippen molar-refractivity contribution in [3.63, 3.8) is 0 Å². The highest BCUT2D eigenvalue weighted by atomic mass is 79.9. The van der Waals surface area contributed by atoms with E-state index in [-0.39, 0.29) is 17.9 Å². The van der Waals surface area contributed by atoms with Gasteiger partial charge in [-0.15, -0.1) is 0 Å². The van der Waals surface area contributed by atoms with Crippen LogP contribution >= 0.6 is 38.9 Å². The van der Waals surface area contributed by atoms with Gasteiger partial charge in [0.05, 0.1) is 32.9 Å². The molecule has 0 amide bonds. The number of rotatable bonds is 4. The summed E-state index contributed by atoms with van der Waals surface area (Å²) >= 11 is 10.6. The molecule has 0 spiro atoms. The molecule has 33 heavy (non-hydrogen) atoms. The van der Waals surface area contributed by atoms with Crippen molar-refractivity contribution in [1.82, 2.24) is 4.57 Å². The fourth-order valence-corrected chi connectivity index (χ4v) is 5.56. The maximum Gasteiger partial charge on any atom is 0.338 e. The number of allylic oxidation sites excluding steroid dienone is 1. The molecule has 0 fully saturated rings. The van der Waals surface area contributed by atoms with Crippen LogP contribution in [-0.4, -0.2) is 22.2 Å². The van der Waals surface area contributed by atoms with E-state index in [1.165, 1.54) is 15.9 Å². The van der Waals surface area contributed by atoms with Crippen LogP contribution in [0.25, 0.3) is 6.08 Å². The molecule has 0 saturated heterocycles. The van der Waals surface area contributed by atoms with Crippen LogP contribution in [0.4, 0.5) is 0 Å². The minimum Gasteiger partial charge on any atom is -0.506 e. The Morgan fingerprint density at radius 1 is 1.30 bits per heavy atom. The molecule has 3 aromatic rings. The van der Waals surface area contributed by atoms with E-state index >= 15 is 0 Å². The van der Waals surface area contributed by atoms with E-state index in [0.29, 0.717) is 35.7 Å². The molecule has 1 aliphatic heterocycles. The molecule has 0 bridgehead atoms. The molecule has 9 heteroatoms. The lowest BCUT2D eigenvalue weighted by Crippen LogP contribution is -2.39. The van der Waals surface area contributed by atoms with Crippen molar-refractivity contribution in [2.24, 2.45) is 4.99 Å². The van der Waals surface area contributed by atoms with Crippen LogP contribution in [0, 0.1) is 6.92 Å². The predicted octanol–water partition coefficient (Wildman–Crippen LogP) is 4.23. The van der Waals surface area contributed by atoms with E-state index in [1.807, 2.05) is 31.2 Å². The zero-order chi connectivity index (χ0) is 23.9. The second kappa shape index (κ2) is 9.29. The van der Waals surface area contributed by atoms with Gasteiger partial charge in [-0.05, 0) is 60.5 Å². The van der Waals surface area contributed by atoms with Crippen LogP contribution < -0.4 is 14.9 Å². The number of aromatic nitrogens is 1. The fourth-order valence-electron chi connectivity index (χ4n) is 3.69. The van der Waals surface area contributed by atoms with E-state index in [9.17, 15) is 14.7 Å². The van der Waals surface area contributed by atoms with Gasteiger partial charge < -0.3 is 9.84 Å². The molecule has 2 aromatic carbocycles. The van der Waals surface area contributed by atoms with Crippen molar-refractivity contribution in [2.75, 3.05) is 6.61 Å². The number of halogens is 2. The topological polar surface area (TPSA) is 80.9 Å². The van der Waals surface area contributed by atoms with Crippen LogP contribution in [-0.2, 0) is 9.53 Å². The van der Waals surface area contributed by atoms with Crippen molar-refractivity contribution in [3.05, 3.63) is 93.5 Å². The maximum atomic E-state index is 13.6. The van der Waals surface area contributed by atoms with Gasteiger partial charge in [-0.1, -0.05) is 52.8 Å². The van der Waals surface area contributed by atoms with Crippen molar-refractivity contribution >= 4 is 50.9 Å². The summed E-state index contributed by atoms with van der Waals surface area (Å²) in [5, 5.41) is 10.8. The second-order valence-electron chi connectivity index (χ2n) is 7.54. The summed E-state index contributed by atoms with van der Waals surface area (Å²) in [6, 6.07) is 10.1. The summed E-state index contributed by atoms with van der Waals surface area (Å²) in [7, 11) is 0. The first-order chi connectivity index (χ1) is 15.7. The quantitative estimate of drug-likeness (QED) is 0.496. The Bertz CT molecular complexity index is 1470. The van der Waals surface area contributed by atoms with Gasteiger partial charge in [-0.25, -0.2) is 9.79 Å². The predicted molar refractivity (Wildman–Crippen MR) is 132 cm³/mol. The molecular weight excluding hydrogens is 528 g/mol. The van der Waals surface area contributed by atoms with Crippen LogP contribution in [0.1, 0.15) is 36.6 Å². The van der Waals surface area contributed by atoms with E-state index in [0.717, 1.165) is 11.1 Å². The molecule has 1 atom stereocenters. The number of benzene rings is 2. The summed E-state index contributed by atoms with van der Waals surface area (Å²) in [6.45, 7) is 5.66. The van der Waals surface area contributed by atoms with E-state index in [2.05, 4.69) is 20.9 Å². The Balaban J connectivity index is 1.98. The Labute approximate surface area is 207 Å². The van der Waals surface area contributed by atoms with Gasteiger partial charge in [0.25, 0.3) is 5.56 Å². The monoisotopic (exact) mass is 546 g/mol. The summed E-state index contributed by atoms with van der Waals surface area (Å²) in [6.07, 6.45) is 1.57. The number of aryl methyl sites for hydroxylation is 1. The number of carbonyl (C=O) groups is 1. The molecule has 0 radical (unpaired) electrons. The Hall–Kier alpha value is -2.68. The van der Waals surface area contributed by atoms with Gasteiger partial charge >= 0.3 is 5.97 Å². The number of nitrogens with zero attached hydrogens (tertiary/aromatic N) is 2. The molecule has 1 aromatic heterocycles. The van der Waals surface area contributed by atoms with Gasteiger partial charge in [0, 0.05) is 10.6 Å². The smallest absolute Gasteiger partial charge is 0.338 e. The van der Waals surface area contributed by atoms with Crippen LogP contribution in [0.3, 0.4) is 0 Å². The Morgan fingerprint density at radius 3 is 2.67 bits per heavy atom. The third-order valence-electron chi connectivity index (χ3n) is 5.25. The maximum absolute atomic E-state index is 13.6. The molecule has 1 aliphatic rings. The third kappa shape index (κ3) is 4.43. The number of phenolic OH excluding ortho intramolecular Hbond substituents is 1. The van der Waals surface area contributed by atoms with Gasteiger partial charge in [0.1, 0.15) is 5.75 Å². The lowest BCUT2D eigenvalue weighted by Gasteiger charge is -2.24. The number of ether oxygens (including phenoxy) is 1. The Kier molecular flexibility index (Phi) is 6.61. The average molecular weight is 548 g/mol.